The van der Waals surface area contributed by atoms with E-state index in [0.29, 0.717) is 10.6 Å². The maximum atomic E-state index is 13.4. The van der Waals surface area contributed by atoms with Gasteiger partial charge in [0, 0.05) is 5.02 Å². The molecule has 0 spiro atoms. The molecule has 1 aromatic heterocycles. The molecule has 2 nitrogen and oxygen atoms in total. The molecule has 1 heterocycles. The highest BCUT2D eigenvalue weighted by atomic mass is 35.5. The van der Waals surface area contributed by atoms with Gasteiger partial charge in [-0.1, -0.05) is 18.5 Å². The lowest BCUT2D eigenvalue weighted by Gasteiger charge is -2.18. The van der Waals surface area contributed by atoms with Crippen molar-refractivity contribution >= 4 is 11.6 Å². The normalized spacial score (nSPS) is 12.7. The predicted octanol–water partition coefficient (Wildman–Crippen LogP) is 4.08. The summed E-state index contributed by atoms with van der Waals surface area (Å²) >= 11 is 6.13. The van der Waals surface area contributed by atoms with Crippen LogP contribution in [0, 0.1) is 12.7 Å². The molecule has 0 radical (unpaired) electrons. The van der Waals surface area contributed by atoms with Crippen LogP contribution < -0.4 is 5.32 Å². The van der Waals surface area contributed by atoms with E-state index in [2.05, 4.69) is 5.32 Å². The van der Waals surface area contributed by atoms with Crippen molar-refractivity contribution in [3.05, 3.63) is 58.3 Å². The lowest BCUT2D eigenvalue weighted by Crippen LogP contribution is -2.22. The quantitative estimate of drug-likeness (QED) is 0.903. The molecule has 0 fully saturated rings. The first-order chi connectivity index (χ1) is 8.63. The number of aryl methyl sites for hydroxylation is 1. The average Bonchev–Trinajstić information content (AvgIpc) is 2.85. The summed E-state index contributed by atoms with van der Waals surface area (Å²) in [5, 5.41) is 3.69. The molecule has 2 rings (SSSR count). The summed E-state index contributed by atoms with van der Waals surface area (Å²) in [7, 11) is 0. The minimum absolute atomic E-state index is 0.156. The summed E-state index contributed by atoms with van der Waals surface area (Å²) in [6.45, 7) is 4.48. The van der Waals surface area contributed by atoms with E-state index in [1.165, 1.54) is 6.07 Å². The zero-order chi connectivity index (χ0) is 13.1. The van der Waals surface area contributed by atoms with Crippen LogP contribution in [0.3, 0.4) is 0 Å². The van der Waals surface area contributed by atoms with Gasteiger partial charge in [0.25, 0.3) is 0 Å². The molecular formula is C14H15ClFNO. The van der Waals surface area contributed by atoms with Crippen molar-refractivity contribution in [2.24, 2.45) is 0 Å². The summed E-state index contributed by atoms with van der Waals surface area (Å²) in [6, 6.07) is 6.65. The highest BCUT2D eigenvalue weighted by Crippen LogP contribution is 2.30. The van der Waals surface area contributed by atoms with Crippen LogP contribution in [0.4, 0.5) is 4.39 Å². The van der Waals surface area contributed by atoms with E-state index in [4.69, 9.17) is 16.0 Å². The maximum absolute atomic E-state index is 13.4. The fourth-order valence-electron chi connectivity index (χ4n) is 1.92. The number of nitrogens with one attached hydrogen (secondary N) is 1. The van der Waals surface area contributed by atoms with Crippen LogP contribution in [0.5, 0.6) is 0 Å². The van der Waals surface area contributed by atoms with Crippen molar-refractivity contribution in [1.82, 2.24) is 5.32 Å². The van der Waals surface area contributed by atoms with Gasteiger partial charge in [-0.25, -0.2) is 4.39 Å². The van der Waals surface area contributed by atoms with Crippen molar-refractivity contribution in [3.8, 4) is 0 Å². The van der Waals surface area contributed by atoms with Crippen molar-refractivity contribution in [2.75, 3.05) is 6.54 Å². The molecule has 1 unspecified atom stereocenters. The number of furan rings is 1. The molecule has 96 valence electrons. The van der Waals surface area contributed by atoms with Crippen LogP contribution >= 0.6 is 11.6 Å². The molecule has 0 saturated heterocycles. The SMILES string of the molecule is CCNC(c1ccco1)c1cc(C)c(F)cc1Cl. The number of benzene rings is 1. The summed E-state index contributed by atoms with van der Waals surface area (Å²) in [5.74, 6) is 0.475. The molecule has 0 saturated carbocycles. The molecule has 0 aliphatic carbocycles. The summed E-state index contributed by atoms with van der Waals surface area (Å²) in [4.78, 5) is 0. The second-order valence-electron chi connectivity index (χ2n) is 4.13. The van der Waals surface area contributed by atoms with E-state index >= 15 is 0 Å². The molecule has 0 bridgehead atoms. The van der Waals surface area contributed by atoms with E-state index in [1.54, 1.807) is 19.3 Å². The van der Waals surface area contributed by atoms with Gasteiger partial charge < -0.3 is 9.73 Å². The smallest absolute Gasteiger partial charge is 0.127 e. The summed E-state index contributed by atoms with van der Waals surface area (Å²) in [5.41, 5.74) is 1.40. The monoisotopic (exact) mass is 267 g/mol. The van der Waals surface area contributed by atoms with Gasteiger partial charge in [0.15, 0.2) is 0 Å². The van der Waals surface area contributed by atoms with E-state index in [-0.39, 0.29) is 11.9 Å². The molecule has 1 N–H and O–H groups in total. The Morgan fingerprint density at radius 1 is 1.44 bits per heavy atom. The van der Waals surface area contributed by atoms with Gasteiger partial charge in [0.2, 0.25) is 0 Å². The molecule has 0 aliphatic rings. The van der Waals surface area contributed by atoms with E-state index in [9.17, 15) is 4.39 Å². The molecule has 0 aliphatic heterocycles. The Morgan fingerprint density at radius 2 is 2.22 bits per heavy atom. The first kappa shape index (κ1) is 13.1. The van der Waals surface area contributed by atoms with Crippen LogP contribution in [-0.2, 0) is 0 Å². The number of hydrogen-bond acceptors (Lipinski definition) is 2. The third kappa shape index (κ3) is 2.57. The van der Waals surface area contributed by atoms with Crippen LogP contribution in [0.2, 0.25) is 5.02 Å². The Kier molecular flexibility index (Phi) is 4.04. The Hall–Kier alpha value is -1.32. The summed E-state index contributed by atoms with van der Waals surface area (Å²) in [6.07, 6.45) is 1.62. The first-order valence-electron chi connectivity index (χ1n) is 5.85. The van der Waals surface area contributed by atoms with Gasteiger partial charge in [-0.3, -0.25) is 0 Å². The van der Waals surface area contributed by atoms with Gasteiger partial charge >= 0.3 is 0 Å². The van der Waals surface area contributed by atoms with Gasteiger partial charge in [0.05, 0.1) is 12.3 Å². The molecule has 1 aromatic carbocycles. The van der Waals surface area contributed by atoms with E-state index in [0.717, 1.165) is 17.9 Å². The standard InChI is InChI=1S/C14H15ClFNO/c1-3-17-14(13-5-4-6-18-13)10-7-9(2)12(16)8-11(10)15/h4-8,14,17H,3H2,1-2H3. The highest BCUT2D eigenvalue weighted by molar-refractivity contribution is 6.31. The average molecular weight is 268 g/mol. The molecule has 18 heavy (non-hydrogen) atoms. The van der Waals surface area contributed by atoms with Gasteiger partial charge in [-0.2, -0.15) is 0 Å². The lowest BCUT2D eigenvalue weighted by atomic mass is 10.0. The van der Waals surface area contributed by atoms with Gasteiger partial charge in [0.1, 0.15) is 11.6 Å². The Labute approximate surface area is 111 Å². The molecule has 4 heteroatoms. The Balaban J connectivity index is 2.46. The van der Waals surface area contributed by atoms with Crippen LogP contribution in [0.1, 0.15) is 29.9 Å². The summed E-state index contributed by atoms with van der Waals surface area (Å²) < 4.78 is 18.8. The fraction of sp³-hybridized carbons (Fsp3) is 0.286. The number of halogens is 2. The second kappa shape index (κ2) is 5.55. The van der Waals surface area contributed by atoms with Crippen LogP contribution in [-0.4, -0.2) is 6.54 Å². The zero-order valence-electron chi connectivity index (χ0n) is 10.3. The van der Waals surface area contributed by atoms with Gasteiger partial charge in [-0.15, -0.1) is 0 Å². The minimum atomic E-state index is -0.293. The van der Waals surface area contributed by atoms with Crippen molar-refractivity contribution < 1.29 is 8.81 Å². The van der Waals surface area contributed by atoms with Gasteiger partial charge in [-0.05, 0) is 48.9 Å². The maximum Gasteiger partial charge on any atom is 0.127 e. The minimum Gasteiger partial charge on any atom is -0.467 e. The van der Waals surface area contributed by atoms with E-state index in [1.807, 2.05) is 19.1 Å². The Morgan fingerprint density at radius 3 is 2.83 bits per heavy atom. The van der Waals surface area contributed by atoms with Crippen molar-refractivity contribution in [2.45, 2.75) is 19.9 Å². The number of rotatable bonds is 4. The van der Waals surface area contributed by atoms with Crippen LogP contribution in [0.15, 0.2) is 34.9 Å². The molecule has 2 aromatic rings. The lowest BCUT2D eigenvalue weighted by molar-refractivity contribution is 0.452. The second-order valence-corrected chi connectivity index (χ2v) is 4.54. The first-order valence-corrected chi connectivity index (χ1v) is 6.23. The molecular weight excluding hydrogens is 253 g/mol. The zero-order valence-corrected chi connectivity index (χ0v) is 11.1. The third-order valence-corrected chi connectivity index (χ3v) is 3.15. The molecule has 0 amide bonds. The fourth-order valence-corrected chi connectivity index (χ4v) is 2.18. The van der Waals surface area contributed by atoms with Crippen LogP contribution in [0.25, 0.3) is 0 Å². The third-order valence-electron chi connectivity index (χ3n) is 2.82. The Bertz CT molecular complexity index is 525. The predicted molar refractivity (Wildman–Crippen MR) is 70.4 cm³/mol. The molecule has 1 atom stereocenters. The topological polar surface area (TPSA) is 25.2 Å². The largest absolute Gasteiger partial charge is 0.467 e. The number of hydrogen-bond donors (Lipinski definition) is 1. The highest BCUT2D eigenvalue weighted by Gasteiger charge is 2.19. The van der Waals surface area contributed by atoms with Crippen molar-refractivity contribution in [1.29, 1.82) is 0 Å². The van der Waals surface area contributed by atoms with Crippen molar-refractivity contribution in [3.63, 3.8) is 0 Å². The van der Waals surface area contributed by atoms with E-state index < -0.39 is 0 Å².